The molecule has 3 heterocycles. The standard InChI is InChI=1S/C21H20N2S.C8H8.CH4S/c1-4-19-13(2)9-17(12-23-19)21-8-7-20(24-21)15-5-6-18-14(3)22-11-16(18)10-15;1-2-8-6-4-3-5-7-8;1-2/h5-10,12,22H,3-4,11H2,1-2H3;2-7H,1H2;2H,1H3. The first-order valence-corrected chi connectivity index (χ1v) is 13.0. The molecular weight excluding hydrogens is 452 g/mol. The third-order valence-electron chi connectivity index (χ3n) is 5.65. The number of benzene rings is 2. The predicted molar refractivity (Wildman–Crippen MR) is 154 cm³/mol. The molecule has 0 saturated heterocycles. The van der Waals surface area contributed by atoms with Crippen molar-refractivity contribution in [3.63, 3.8) is 0 Å². The van der Waals surface area contributed by atoms with Gasteiger partial charge in [-0.05, 0) is 66.1 Å². The molecular formula is C30H32N2S2. The number of rotatable bonds is 4. The summed E-state index contributed by atoms with van der Waals surface area (Å²) in [4.78, 5) is 7.16. The quantitative estimate of drug-likeness (QED) is 0.285. The lowest BCUT2D eigenvalue weighted by Gasteiger charge is -2.04. The monoisotopic (exact) mass is 484 g/mol. The number of thiophene rings is 1. The highest BCUT2D eigenvalue weighted by Gasteiger charge is 2.15. The minimum atomic E-state index is 0.877. The number of hydrogen-bond acceptors (Lipinski definition) is 4. The number of nitrogens with zero attached hydrogens (tertiary/aromatic N) is 1. The SMILES string of the molecule is C=C1NCc2cc(-c3ccc(-c4cnc(CC)c(C)c4)s3)ccc21.C=Cc1ccccc1.CS. The molecule has 0 spiro atoms. The fourth-order valence-corrected chi connectivity index (χ4v) is 4.81. The molecule has 5 rings (SSSR count). The van der Waals surface area contributed by atoms with Gasteiger partial charge in [0.15, 0.2) is 0 Å². The van der Waals surface area contributed by atoms with Crippen molar-refractivity contribution < 1.29 is 0 Å². The Labute approximate surface area is 213 Å². The van der Waals surface area contributed by atoms with Crippen molar-refractivity contribution in [3.8, 4) is 20.9 Å². The summed E-state index contributed by atoms with van der Waals surface area (Å²) in [6, 6.07) is 23.3. The van der Waals surface area contributed by atoms with E-state index in [9.17, 15) is 0 Å². The zero-order valence-electron chi connectivity index (χ0n) is 20.1. The van der Waals surface area contributed by atoms with E-state index in [0.717, 1.165) is 18.7 Å². The smallest absolute Gasteiger partial charge is 0.0430 e. The molecule has 174 valence electrons. The van der Waals surface area contributed by atoms with Gasteiger partial charge in [-0.3, -0.25) is 4.98 Å². The summed E-state index contributed by atoms with van der Waals surface area (Å²) in [6.07, 6.45) is 6.51. The van der Waals surface area contributed by atoms with E-state index in [-0.39, 0.29) is 0 Å². The molecule has 0 aliphatic carbocycles. The maximum atomic E-state index is 4.60. The van der Waals surface area contributed by atoms with Crippen molar-refractivity contribution in [2.45, 2.75) is 26.8 Å². The molecule has 2 aromatic heterocycles. The first-order chi connectivity index (χ1) is 16.6. The van der Waals surface area contributed by atoms with E-state index in [1.54, 1.807) is 6.26 Å². The summed E-state index contributed by atoms with van der Waals surface area (Å²) in [6.45, 7) is 12.8. The van der Waals surface area contributed by atoms with E-state index >= 15 is 0 Å². The first kappa shape index (κ1) is 25.5. The summed E-state index contributed by atoms with van der Waals surface area (Å²) in [5, 5.41) is 3.31. The predicted octanol–water partition coefficient (Wildman–Crippen LogP) is 8.30. The second-order valence-electron chi connectivity index (χ2n) is 7.82. The van der Waals surface area contributed by atoms with E-state index in [1.807, 2.05) is 53.9 Å². The number of aryl methyl sites for hydroxylation is 2. The molecule has 34 heavy (non-hydrogen) atoms. The molecule has 0 fully saturated rings. The van der Waals surface area contributed by atoms with Gasteiger partial charge in [0, 0.05) is 45.0 Å². The molecule has 4 heteroatoms. The number of hydrogen-bond donors (Lipinski definition) is 2. The summed E-state index contributed by atoms with van der Waals surface area (Å²) < 4.78 is 0. The Morgan fingerprint density at radius 1 is 1.00 bits per heavy atom. The van der Waals surface area contributed by atoms with Gasteiger partial charge in [-0.2, -0.15) is 12.6 Å². The molecule has 1 aliphatic heterocycles. The second-order valence-corrected chi connectivity index (χ2v) is 8.91. The molecule has 2 nitrogen and oxygen atoms in total. The first-order valence-electron chi connectivity index (χ1n) is 11.3. The van der Waals surface area contributed by atoms with E-state index < -0.39 is 0 Å². The fourth-order valence-electron chi connectivity index (χ4n) is 3.83. The maximum absolute atomic E-state index is 4.60. The van der Waals surface area contributed by atoms with E-state index in [1.165, 1.54) is 48.8 Å². The lowest BCUT2D eigenvalue weighted by atomic mass is 10.0. The van der Waals surface area contributed by atoms with Gasteiger partial charge in [0.05, 0.1) is 0 Å². The number of aromatic nitrogens is 1. The van der Waals surface area contributed by atoms with Gasteiger partial charge < -0.3 is 5.32 Å². The third-order valence-corrected chi connectivity index (χ3v) is 6.84. The molecule has 4 aromatic rings. The van der Waals surface area contributed by atoms with Gasteiger partial charge in [-0.15, -0.1) is 11.3 Å². The fraction of sp³-hybridized carbons (Fsp3) is 0.167. The topological polar surface area (TPSA) is 24.9 Å². The Kier molecular flexibility index (Phi) is 9.32. The van der Waals surface area contributed by atoms with Gasteiger partial charge in [-0.25, -0.2) is 0 Å². The molecule has 0 bridgehead atoms. The van der Waals surface area contributed by atoms with E-state index in [0.29, 0.717) is 0 Å². The number of nitrogens with one attached hydrogen (secondary N) is 1. The molecule has 2 aromatic carbocycles. The number of thiol groups is 1. The normalized spacial score (nSPS) is 11.4. The van der Waals surface area contributed by atoms with Crippen LogP contribution in [0, 0.1) is 6.92 Å². The lowest BCUT2D eigenvalue weighted by Crippen LogP contribution is -1.98. The summed E-state index contributed by atoms with van der Waals surface area (Å²) in [5.41, 5.74) is 9.71. The Hall–Kier alpha value is -3.08. The zero-order chi connectivity index (χ0) is 24.5. The van der Waals surface area contributed by atoms with Crippen LogP contribution in [0.1, 0.15) is 34.9 Å². The number of pyridine rings is 1. The van der Waals surface area contributed by atoms with Crippen molar-refractivity contribution >= 4 is 35.7 Å². The minimum Gasteiger partial charge on any atom is -0.381 e. The summed E-state index contributed by atoms with van der Waals surface area (Å²) >= 11 is 5.35. The average Bonchev–Trinajstić information content (AvgIpc) is 3.53. The van der Waals surface area contributed by atoms with Crippen LogP contribution in [-0.4, -0.2) is 11.2 Å². The van der Waals surface area contributed by atoms with Crippen molar-refractivity contribution in [2.75, 3.05) is 6.26 Å². The van der Waals surface area contributed by atoms with Crippen LogP contribution in [0.15, 0.2) is 86.1 Å². The third kappa shape index (κ3) is 6.07. The molecule has 0 unspecified atom stereocenters. The Balaban J connectivity index is 0.000000274. The van der Waals surface area contributed by atoms with Crippen LogP contribution in [-0.2, 0) is 13.0 Å². The van der Waals surface area contributed by atoms with Crippen LogP contribution in [0.5, 0.6) is 0 Å². The van der Waals surface area contributed by atoms with Gasteiger partial charge in [0.1, 0.15) is 0 Å². The zero-order valence-corrected chi connectivity index (χ0v) is 21.8. The molecule has 0 amide bonds. The highest BCUT2D eigenvalue weighted by molar-refractivity contribution is 7.79. The summed E-state index contributed by atoms with van der Waals surface area (Å²) in [7, 11) is 0. The van der Waals surface area contributed by atoms with Crippen LogP contribution in [0.4, 0.5) is 0 Å². The second kappa shape index (κ2) is 12.4. The maximum Gasteiger partial charge on any atom is 0.0430 e. The Morgan fingerprint density at radius 2 is 1.71 bits per heavy atom. The van der Waals surface area contributed by atoms with Crippen molar-refractivity contribution in [1.29, 1.82) is 0 Å². The van der Waals surface area contributed by atoms with Gasteiger partial charge in [0.25, 0.3) is 0 Å². The molecule has 1 aliphatic rings. The largest absolute Gasteiger partial charge is 0.381 e. The molecule has 0 atom stereocenters. The lowest BCUT2D eigenvalue weighted by molar-refractivity contribution is 0.946. The van der Waals surface area contributed by atoms with Crippen LogP contribution < -0.4 is 5.32 Å². The van der Waals surface area contributed by atoms with Crippen LogP contribution in [0.25, 0.3) is 32.7 Å². The minimum absolute atomic E-state index is 0.877. The average molecular weight is 485 g/mol. The van der Waals surface area contributed by atoms with Crippen LogP contribution in [0.3, 0.4) is 0 Å². The van der Waals surface area contributed by atoms with Gasteiger partial charge >= 0.3 is 0 Å². The van der Waals surface area contributed by atoms with Crippen LogP contribution in [0.2, 0.25) is 0 Å². The van der Waals surface area contributed by atoms with Gasteiger partial charge in [0.2, 0.25) is 0 Å². The molecule has 1 N–H and O–H groups in total. The Bertz CT molecular complexity index is 1260. The highest BCUT2D eigenvalue weighted by Crippen LogP contribution is 2.36. The van der Waals surface area contributed by atoms with E-state index in [4.69, 9.17) is 0 Å². The number of fused-ring (bicyclic) bond motifs is 1. The molecule has 0 saturated carbocycles. The highest BCUT2D eigenvalue weighted by atomic mass is 32.1. The summed E-state index contributed by atoms with van der Waals surface area (Å²) in [5.74, 6) is 0. The van der Waals surface area contributed by atoms with Crippen LogP contribution >= 0.6 is 24.0 Å². The molecule has 0 radical (unpaired) electrons. The van der Waals surface area contributed by atoms with Gasteiger partial charge in [-0.1, -0.05) is 68.6 Å². The van der Waals surface area contributed by atoms with Crippen molar-refractivity contribution in [1.82, 2.24) is 10.3 Å². The van der Waals surface area contributed by atoms with Crippen molar-refractivity contribution in [3.05, 3.63) is 114 Å². The Morgan fingerprint density at radius 3 is 2.32 bits per heavy atom. The van der Waals surface area contributed by atoms with Crippen molar-refractivity contribution in [2.24, 2.45) is 0 Å². The van der Waals surface area contributed by atoms with E-state index in [2.05, 4.69) is 86.3 Å².